The van der Waals surface area contributed by atoms with Gasteiger partial charge in [-0.2, -0.15) is 0 Å². The molecule has 106 valence electrons. The van der Waals surface area contributed by atoms with Crippen LogP contribution in [0.25, 0.3) is 0 Å². The molecule has 0 aromatic rings. The van der Waals surface area contributed by atoms with Gasteiger partial charge in [-0.3, -0.25) is 4.79 Å². The molecule has 1 amide bonds. The smallest absolute Gasteiger partial charge is 0.249 e. The van der Waals surface area contributed by atoms with Crippen LogP contribution in [0.15, 0.2) is 12.2 Å². The molecule has 0 aliphatic carbocycles. The third-order valence-corrected chi connectivity index (χ3v) is 2.83. The van der Waals surface area contributed by atoms with Gasteiger partial charge in [0.15, 0.2) is 0 Å². The van der Waals surface area contributed by atoms with Crippen LogP contribution in [0.5, 0.6) is 0 Å². The van der Waals surface area contributed by atoms with Crippen molar-refractivity contribution in [3.05, 3.63) is 12.2 Å². The molecule has 0 heterocycles. The van der Waals surface area contributed by atoms with Crippen molar-refractivity contribution in [1.29, 1.82) is 0 Å². The zero-order chi connectivity index (χ0) is 14.1. The average molecular weight is 254 g/mol. The summed E-state index contributed by atoms with van der Waals surface area (Å²) in [6.45, 7) is 14.7. The van der Waals surface area contributed by atoms with Crippen molar-refractivity contribution in [3.63, 3.8) is 0 Å². The van der Waals surface area contributed by atoms with Gasteiger partial charge in [-0.05, 0) is 37.6 Å². The molecule has 0 atom stereocenters. The Balaban J connectivity index is 4.38. The van der Waals surface area contributed by atoms with Crippen molar-refractivity contribution in [3.8, 4) is 0 Å². The number of hydrogen-bond acceptors (Lipinski definition) is 2. The topological polar surface area (TPSA) is 46.3 Å². The minimum atomic E-state index is 0.109. The van der Waals surface area contributed by atoms with E-state index in [1.165, 1.54) is 0 Å². The Morgan fingerprint density at radius 1 is 1.22 bits per heavy atom. The Hall–Kier alpha value is -0.830. The summed E-state index contributed by atoms with van der Waals surface area (Å²) in [5.74, 6) is 1.19. The lowest BCUT2D eigenvalue weighted by molar-refractivity contribution is -0.127. The summed E-state index contributed by atoms with van der Waals surface area (Å²) in [5, 5.41) is 0. The van der Waals surface area contributed by atoms with Crippen molar-refractivity contribution in [2.24, 2.45) is 17.6 Å². The Kier molecular flexibility index (Phi) is 8.73. The Bertz CT molecular complexity index is 259. The number of hydrogen-bond donors (Lipinski definition) is 1. The van der Waals surface area contributed by atoms with Gasteiger partial charge in [-0.1, -0.05) is 34.3 Å². The highest BCUT2D eigenvalue weighted by Crippen LogP contribution is 2.13. The maximum atomic E-state index is 12.3. The molecule has 0 spiro atoms. The molecule has 0 fully saturated rings. The molecule has 0 aliphatic rings. The third-order valence-electron chi connectivity index (χ3n) is 2.83. The van der Waals surface area contributed by atoms with Crippen LogP contribution in [-0.4, -0.2) is 30.4 Å². The van der Waals surface area contributed by atoms with Crippen LogP contribution in [0.1, 0.15) is 47.0 Å². The van der Waals surface area contributed by atoms with Crippen LogP contribution in [0.2, 0.25) is 0 Å². The van der Waals surface area contributed by atoms with E-state index in [1.54, 1.807) is 0 Å². The van der Waals surface area contributed by atoms with Gasteiger partial charge in [-0.25, -0.2) is 0 Å². The maximum absolute atomic E-state index is 12.3. The van der Waals surface area contributed by atoms with Gasteiger partial charge in [0.05, 0.1) is 0 Å². The monoisotopic (exact) mass is 254 g/mol. The van der Waals surface area contributed by atoms with E-state index in [4.69, 9.17) is 5.73 Å². The molecule has 0 aliphatic heterocycles. The van der Waals surface area contributed by atoms with Gasteiger partial charge in [0.2, 0.25) is 5.91 Å². The van der Waals surface area contributed by atoms with Gasteiger partial charge >= 0.3 is 0 Å². The third kappa shape index (κ3) is 7.49. The summed E-state index contributed by atoms with van der Waals surface area (Å²) in [6.07, 6.45) is 2.68. The van der Waals surface area contributed by atoms with Gasteiger partial charge in [0.1, 0.15) is 0 Å². The van der Waals surface area contributed by atoms with E-state index in [9.17, 15) is 4.79 Å². The molecule has 0 saturated carbocycles. The molecule has 0 bridgehead atoms. The molecular formula is C15H30N2O. The number of nitrogens with zero attached hydrogens (tertiary/aromatic N) is 1. The standard InChI is InChI=1S/C15H30N2O/c1-12(2)7-8-14(5)15(18)17(10-6-9-16)11-13(3)4/h12-13H,5-11,16H2,1-4H3. The number of rotatable bonds is 9. The first-order valence-corrected chi connectivity index (χ1v) is 7.05. The lowest BCUT2D eigenvalue weighted by Gasteiger charge is -2.25. The van der Waals surface area contributed by atoms with Gasteiger partial charge in [0, 0.05) is 18.7 Å². The Morgan fingerprint density at radius 3 is 2.28 bits per heavy atom. The molecule has 0 saturated heterocycles. The molecule has 18 heavy (non-hydrogen) atoms. The van der Waals surface area contributed by atoms with Crippen LogP contribution < -0.4 is 5.73 Å². The summed E-state index contributed by atoms with van der Waals surface area (Å²) < 4.78 is 0. The highest BCUT2D eigenvalue weighted by Gasteiger charge is 2.17. The van der Waals surface area contributed by atoms with E-state index in [-0.39, 0.29) is 5.91 Å². The fourth-order valence-corrected chi connectivity index (χ4v) is 1.79. The van der Waals surface area contributed by atoms with Crippen molar-refractivity contribution in [1.82, 2.24) is 4.90 Å². The zero-order valence-electron chi connectivity index (χ0n) is 12.5. The van der Waals surface area contributed by atoms with Crippen LogP contribution in [0.4, 0.5) is 0 Å². The summed E-state index contributed by atoms with van der Waals surface area (Å²) in [7, 11) is 0. The molecule has 3 nitrogen and oxygen atoms in total. The van der Waals surface area contributed by atoms with E-state index in [0.29, 0.717) is 18.4 Å². The van der Waals surface area contributed by atoms with Gasteiger partial charge in [0.25, 0.3) is 0 Å². The second-order valence-electron chi connectivity index (χ2n) is 5.82. The fourth-order valence-electron chi connectivity index (χ4n) is 1.79. The summed E-state index contributed by atoms with van der Waals surface area (Å²) >= 11 is 0. The first-order chi connectivity index (χ1) is 8.38. The minimum Gasteiger partial charge on any atom is -0.339 e. The highest BCUT2D eigenvalue weighted by molar-refractivity contribution is 5.92. The highest BCUT2D eigenvalue weighted by atomic mass is 16.2. The lowest BCUT2D eigenvalue weighted by atomic mass is 10.0. The average Bonchev–Trinajstić information content (AvgIpc) is 2.29. The van der Waals surface area contributed by atoms with Crippen molar-refractivity contribution in [2.75, 3.05) is 19.6 Å². The van der Waals surface area contributed by atoms with Gasteiger partial charge in [-0.15, -0.1) is 0 Å². The fraction of sp³-hybridized carbons (Fsp3) is 0.800. The number of amides is 1. The zero-order valence-corrected chi connectivity index (χ0v) is 12.5. The normalized spacial score (nSPS) is 11.1. The second-order valence-corrected chi connectivity index (χ2v) is 5.82. The van der Waals surface area contributed by atoms with Gasteiger partial charge < -0.3 is 10.6 Å². The lowest BCUT2D eigenvalue weighted by Crippen LogP contribution is -2.36. The van der Waals surface area contributed by atoms with Crippen LogP contribution in [0, 0.1) is 11.8 Å². The van der Waals surface area contributed by atoms with Crippen LogP contribution in [0.3, 0.4) is 0 Å². The minimum absolute atomic E-state index is 0.109. The SMILES string of the molecule is C=C(CCC(C)C)C(=O)N(CCCN)CC(C)C. The molecule has 0 unspecified atom stereocenters. The summed E-state index contributed by atoms with van der Waals surface area (Å²) in [5.41, 5.74) is 6.26. The summed E-state index contributed by atoms with van der Waals surface area (Å²) in [4.78, 5) is 14.2. The predicted molar refractivity (Wildman–Crippen MR) is 78.3 cm³/mol. The second kappa shape index (κ2) is 9.15. The largest absolute Gasteiger partial charge is 0.339 e. The summed E-state index contributed by atoms with van der Waals surface area (Å²) in [6, 6.07) is 0. The molecule has 0 radical (unpaired) electrons. The first kappa shape index (κ1) is 17.2. The number of carbonyl (C=O) groups excluding carboxylic acids is 1. The van der Waals surface area contributed by atoms with E-state index in [0.717, 1.165) is 37.9 Å². The predicted octanol–water partition coefficient (Wildman–Crippen LogP) is 2.81. The molecule has 0 aromatic carbocycles. The van der Waals surface area contributed by atoms with Crippen LogP contribution >= 0.6 is 0 Å². The van der Waals surface area contributed by atoms with E-state index in [2.05, 4.69) is 34.3 Å². The van der Waals surface area contributed by atoms with Crippen molar-refractivity contribution < 1.29 is 4.79 Å². The molecule has 0 rings (SSSR count). The van der Waals surface area contributed by atoms with Crippen molar-refractivity contribution in [2.45, 2.75) is 47.0 Å². The molecule has 3 heteroatoms. The Morgan fingerprint density at radius 2 is 1.83 bits per heavy atom. The van der Waals surface area contributed by atoms with E-state index < -0.39 is 0 Å². The number of carbonyl (C=O) groups is 1. The first-order valence-electron chi connectivity index (χ1n) is 7.05. The van der Waals surface area contributed by atoms with E-state index >= 15 is 0 Å². The van der Waals surface area contributed by atoms with Crippen molar-refractivity contribution >= 4 is 5.91 Å². The quantitative estimate of drug-likeness (QED) is 0.643. The molecule has 0 aromatic heterocycles. The molecular weight excluding hydrogens is 224 g/mol. The number of nitrogens with two attached hydrogens (primary N) is 1. The van der Waals surface area contributed by atoms with Crippen LogP contribution in [-0.2, 0) is 4.79 Å². The molecule has 2 N–H and O–H groups in total. The van der Waals surface area contributed by atoms with E-state index in [1.807, 2.05) is 4.90 Å². The Labute approximate surface area is 112 Å². The maximum Gasteiger partial charge on any atom is 0.249 e.